The number of likely N-dealkylation sites (tertiary alicyclic amines) is 1. The lowest BCUT2D eigenvalue weighted by molar-refractivity contribution is -0.175. The molecule has 0 radical (unpaired) electrons. The molecule has 0 atom stereocenters. The summed E-state index contributed by atoms with van der Waals surface area (Å²) in [4.78, 5) is 36.3. The monoisotopic (exact) mass is 377 g/mol. The van der Waals surface area contributed by atoms with Crippen molar-refractivity contribution < 1.29 is 27.6 Å². The minimum Gasteiger partial charge on any atom is -0.339 e. The minimum absolute atomic E-state index is 0.208. The maximum atomic E-state index is 12.3. The first-order valence-electron chi connectivity index (χ1n) is 7.40. The summed E-state index contributed by atoms with van der Waals surface area (Å²) in [5.74, 6) is -3.74. The first kappa shape index (κ1) is 19.0. The van der Waals surface area contributed by atoms with E-state index in [0.29, 0.717) is 10.6 Å². The fraction of sp³-hybridized carbons (Fsp3) is 0.400. The Balaban J connectivity index is 1.82. The van der Waals surface area contributed by atoms with Crippen LogP contribution in [-0.2, 0) is 9.59 Å². The van der Waals surface area contributed by atoms with Gasteiger partial charge in [-0.1, -0.05) is 11.6 Å². The van der Waals surface area contributed by atoms with Gasteiger partial charge in [0, 0.05) is 29.6 Å². The summed E-state index contributed by atoms with van der Waals surface area (Å²) in [5, 5.41) is 0.507. The molecule has 0 spiro atoms. The summed E-state index contributed by atoms with van der Waals surface area (Å²) in [6.07, 6.45) is -4.50. The van der Waals surface area contributed by atoms with Gasteiger partial charge in [-0.15, -0.1) is 0 Å². The maximum absolute atomic E-state index is 12.3. The van der Waals surface area contributed by atoms with Crippen LogP contribution in [0.15, 0.2) is 24.3 Å². The number of rotatable bonds is 2. The van der Waals surface area contributed by atoms with Crippen molar-refractivity contribution in [2.75, 3.05) is 13.1 Å². The number of amides is 3. The third kappa shape index (κ3) is 5.09. The number of piperidine rings is 1. The Morgan fingerprint density at radius 2 is 1.60 bits per heavy atom. The van der Waals surface area contributed by atoms with Gasteiger partial charge in [0.25, 0.3) is 5.91 Å². The molecule has 1 aromatic rings. The van der Waals surface area contributed by atoms with Crippen molar-refractivity contribution in [2.45, 2.75) is 19.0 Å². The van der Waals surface area contributed by atoms with Crippen LogP contribution in [0.2, 0.25) is 5.02 Å². The minimum atomic E-state index is -5.07. The fourth-order valence-electron chi connectivity index (χ4n) is 2.41. The first-order chi connectivity index (χ1) is 11.7. The predicted molar refractivity (Wildman–Crippen MR) is 82.4 cm³/mol. The molecule has 1 saturated heterocycles. The van der Waals surface area contributed by atoms with Crippen LogP contribution < -0.4 is 10.9 Å². The zero-order chi connectivity index (χ0) is 18.6. The molecule has 1 aromatic carbocycles. The van der Waals surface area contributed by atoms with Crippen molar-refractivity contribution in [2.24, 2.45) is 5.92 Å². The van der Waals surface area contributed by atoms with Crippen molar-refractivity contribution in [1.82, 2.24) is 15.8 Å². The van der Waals surface area contributed by atoms with Gasteiger partial charge in [0.15, 0.2) is 0 Å². The van der Waals surface area contributed by atoms with Gasteiger partial charge in [0.2, 0.25) is 5.91 Å². The molecular formula is C15H15ClF3N3O3. The van der Waals surface area contributed by atoms with Gasteiger partial charge in [-0.05, 0) is 37.1 Å². The zero-order valence-electron chi connectivity index (χ0n) is 12.9. The van der Waals surface area contributed by atoms with Crippen LogP contribution in [0, 0.1) is 5.92 Å². The Bertz CT molecular complexity index is 656. The van der Waals surface area contributed by atoms with Gasteiger partial charge < -0.3 is 4.90 Å². The molecule has 6 nitrogen and oxygen atoms in total. The highest BCUT2D eigenvalue weighted by Gasteiger charge is 2.39. The number of alkyl halides is 3. The molecular weight excluding hydrogens is 363 g/mol. The number of carbonyl (C=O) groups excluding carboxylic acids is 3. The van der Waals surface area contributed by atoms with Crippen molar-refractivity contribution in [3.05, 3.63) is 34.9 Å². The molecule has 2 rings (SSSR count). The number of hydrogen-bond acceptors (Lipinski definition) is 3. The molecule has 1 fully saturated rings. The largest absolute Gasteiger partial charge is 0.472 e. The van der Waals surface area contributed by atoms with Crippen LogP contribution in [0.3, 0.4) is 0 Å². The van der Waals surface area contributed by atoms with Gasteiger partial charge in [0.05, 0.1) is 0 Å². The number of carbonyl (C=O) groups is 3. The topological polar surface area (TPSA) is 78.5 Å². The van der Waals surface area contributed by atoms with Gasteiger partial charge in [-0.3, -0.25) is 25.2 Å². The summed E-state index contributed by atoms with van der Waals surface area (Å²) in [6.45, 7) is 0.569. The van der Waals surface area contributed by atoms with E-state index in [2.05, 4.69) is 0 Å². The quantitative estimate of drug-likeness (QED) is 0.773. The fourth-order valence-corrected chi connectivity index (χ4v) is 2.54. The summed E-state index contributed by atoms with van der Waals surface area (Å²) in [7, 11) is 0. The van der Waals surface area contributed by atoms with Gasteiger partial charge in [-0.25, -0.2) is 0 Å². The molecule has 0 aliphatic carbocycles. The van der Waals surface area contributed by atoms with E-state index in [-0.39, 0.29) is 31.8 Å². The standard InChI is InChI=1S/C15H15ClF3N3O3/c16-11-3-1-10(2-4-11)13(24)22-7-5-9(6-8-22)12(23)20-21-14(25)15(17,18)19/h1-4,9H,5-8H2,(H,20,23)(H,21,25). The van der Waals surface area contributed by atoms with Gasteiger partial charge in [-0.2, -0.15) is 13.2 Å². The average Bonchev–Trinajstić information content (AvgIpc) is 2.58. The SMILES string of the molecule is O=C(NNC(=O)C(F)(F)F)C1CCN(C(=O)c2ccc(Cl)cc2)CC1. The second kappa shape index (κ2) is 7.73. The number of benzene rings is 1. The summed E-state index contributed by atoms with van der Waals surface area (Å²) in [5.41, 5.74) is 3.56. The van der Waals surface area contributed by atoms with E-state index < -0.39 is 23.9 Å². The Morgan fingerprint density at radius 1 is 1.04 bits per heavy atom. The predicted octanol–water partition coefficient (Wildman–Crippen LogP) is 1.90. The summed E-state index contributed by atoms with van der Waals surface area (Å²) < 4.78 is 36.2. The van der Waals surface area contributed by atoms with Crippen molar-refractivity contribution in [1.29, 1.82) is 0 Å². The van der Waals surface area contributed by atoms with Crippen LogP contribution in [0.5, 0.6) is 0 Å². The van der Waals surface area contributed by atoms with Crippen LogP contribution >= 0.6 is 11.6 Å². The van der Waals surface area contributed by atoms with Crippen LogP contribution in [0.25, 0.3) is 0 Å². The molecule has 3 amide bonds. The second-order valence-corrected chi connectivity index (χ2v) is 5.95. The molecule has 0 aromatic heterocycles. The first-order valence-corrected chi connectivity index (χ1v) is 7.78. The summed E-state index contributed by atoms with van der Waals surface area (Å²) >= 11 is 5.77. The molecule has 0 bridgehead atoms. The van der Waals surface area contributed by atoms with E-state index >= 15 is 0 Å². The lowest BCUT2D eigenvalue weighted by atomic mass is 9.95. The number of hydrogen-bond donors (Lipinski definition) is 2. The van der Waals surface area contributed by atoms with Crippen molar-refractivity contribution in [3.8, 4) is 0 Å². The van der Waals surface area contributed by atoms with E-state index in [1.807, 2.05) is 0 Å². The van der Waals surface area contributed by atoms with Crippen LogP contribution in [-0.4, -0.2) is 41.9 Å². The van der Waals surface area contributed by atoms with Gasteiger partial charge >= 0.3 is 12.1 Å². The normalized spacial score (nSPS) is 15.6. The smallest absolute Gasteiger partial charge is 0.339 e. The third-order valence-electron chi connectivity index (χ3n) is 3.80. The molecule has 2 N–H and O–H groups in total. The van der Waals surface area contributed by atoms with E-state index in [1.54, 1.807) is 34.6 Å². The van der Waals surface area contributed by atoms with Gasteiger partial charge in [0.1, 0.15) is 0 Å². The molecule has 0 saturated carbocycles. The Morgan fingerprint density at radius 3 is 2.12 bits per heavy atom. The Kier molecular flexibility index (Phi) is 5.89. The molecule has 1 aliphatic heterocycles. The molecule has 0 unspecified atom stereocenters. The lowest BCUT2D eigenvalue weighted by Gasteiger charge is -2.31. The molecule has 136 valence electrons. The highest BCUT2D eigenvalue weighted by Crippen LogP contribution is 2.20. The van der Waals surface area contributed by atoms with E-state index in [9.17, 15) is 27.6 Å². The van der Waals surface area contributed by atoms with Crippen molar-refractivity contribution >= 4 is 29.3 Å². The summed E-state index contributed by atoms with van der Waals surface area (Å²) in [6, 6.07) is 6.38. The number of nitrogens with one attached hydrogen (secondary N) is 2. The molecule has 1 heterocycles. The molecule has 10 heteroatoms. The van der Waals surface area contributed by atoms with Crippen molar-refractivity contribution in [3.63, 3.8) is 0 Å². The van der Waals surface area contributed by atoms with E-state index in [1.165, 1.54) is 5.43 Å². The number of nitrogens with zero attached hydrogens (tertiary/aromatic N) is 1. The van der Waals surface area contributed by atoms with E-state index in [4.69, 9.17) is 11.6 Å². The Labute approximate surface area is 146 Å². The van der Waals surface area contributed by atoms with Crippen LogP contribution in [0.4, 0.5) is 13.2 Å². The molecule has 25 heavy (non-hydrogen) atoms. The number of halogens is 4. The highest BCUT2D eigenvalue weighted by molar-refractivity contribution is 6.30. The highest BCUT2D eigenvalue weighted by atomic mass is 35.5. The zero-order valence-corrected chi connectivity index (χ0v) is 13.7. The average molecular weight is 378 g/mol. The second-order valence-electron chi connectivity index (χ2n) is 5.51. The van der Waals surface area contributed by atoms with E-state index in [0.717, 1.165) is 0 Å². The van der Waals surface area contributed by atoms with Crippen LogP contribution in [0.1, 0.15) is 23.2 Å². The third-order valence-corrected chi connectivity index (χ3v) is 4.05. The maximum Gasteiger partial charge on any atom is 0.472 e. The molecule has 1 aliphatic rings. The Hall–Kier alpha value is -2.29. The lowest BCUT2D eigenvalue weighted by Crippen LogP contribution is -2.51. The number of hydrazine groups is 1.